The van der Waals surface area contributed by atoms with Crippen LogP contribution in [-0.4, -0.2) is 23.0 Å². The maximum absolute atomic E-state index is 13.2. The molecule has 4 N–H and O–H groups in total. The van der Waals surface area contributed by atoms with Gasteiger partial charge in [-0.15, -0.1) is 0 Å². The fraction of sp³-hybridized carbons (Fsp3) is 0.385. The van der Waals surface area contributed by atoms with Crippen LogP contribution < -0.4 is 11.1 Å². The Balaban J connectivity index is 2.92. The number of carboxylic acids is 1. The van der Waals surface area contributed by atoms with Crippen LogP contribution in [0, 0.1) is 11.2 Å². The first-order valence-electron chi connectivity index (χ1n) is 5.72. The van der Waals surface area contributed by atoms with Crippen molar-refractivity contribution in [1.82, 2.24) is 0 Å². The molecule has 0 heterocycles. The van der Waals surface area contributed by atoms with Crippen LogP contribution in [0.3, 0.4) is 0 Å². The summed E-state index contributed by atoms with van der Waals surface area (Å²) in [4.78, 5) is 22.6. The molecule has 0 radical (unpaired) electrons. The number of hydrogen-bond donors (Lipinski definition) is 3. The first-order chi connectivity index (χ1) is 8.62. The van der Waals surface area contributed by atoms with Gasteiger partial charge < -0.3 is 16.2 Å². The molecule has 19 heavy (non-hydrogen) atoms. The number of carbonyl (C=O) groups excluding carboxylic acids is 1. The van der Waals surface area contributed by atoms with Gasteiger partial charge in [-0.25, -0.2) is 9.18 Å². The van der Waals surface area contributed by atoms with Crippen LogP contribution in [0.4, 0.5) is 10.1 Å². The zero-order valence-electron chi connectivity index (χ0n) is 11.0. The van der Waals surface area contributed by atoms with Crippen LogP contribution in [0.15, 0.2) is 18.2 Å². The number of benzene rings is 1. The Kier molecular flexibility index (Phi) is 4.26. The fourth-order valence-electron chi connectivity index (χ4n) is 1.38. The normalized spacial score (nSPS) is 12.9. The molecule has 0 bridgehead atoms. The summed E-state index contributed by atoms with van der Waals surface area (Å²) in [5, 5.41) is 11.3. The second-order valence-electron chi connectivity index (χ2n) is 5.33. The minimum atomic E-state index is -1.39. The first-order valence-corrected chi connectivity index (χ1v) is 5.72. The van der Waals surface area contributed by atoms with E-state index >= 15 is 0 Å². The van der Waals surface area contributed by atoms with Gasteiger partial charge in [0, 0.05) is 5.69 Å². The lowest BCUT2D eigenvalue weighted by Crippen LogP contribution is -2.45. The van der Waals surface area contributed by atoms with E-state index in [1.165, 1.54) is 6.07 Å². The summed E-state index contributed by atoms with van der Waals surface area (Å²) in [6.45, 7) is 5.43. The number of halogens is 1. The van der Waals surface area contributed by atoms with Crippen LogP contribution in [-0.2, 0) is 4.79 Å². The number of amides is 1. The summed E-state index contributed by atoms with van der Waals surface area (Å²) in [7, 11) is 0. The molecule has 0 spiro atoms. The Hall–Kier alpha value is -1.95. The van der Waals surface area contributed by atoms with Gasteiger partial charge in [0.2, 0.25) is 5.91 Å². The highest BCUT2D eigenvalue weighted by Crippen LogP contribution is 2.20. The zero-order valence-corrected chi connectivity index (χ0v) is 11.0. The van der Waals surface area contributed by atoms with E-state index in [0.29, 0.717) is 0 Å². The van der Waals surface area contributed by atoms with E-state index in [4.69, 9.17) is 10.8 Å². The fourth-order valence-corrected chi connectivity index (χ4v) is 1.38. The molecule has 0 aliphatic heterocycles. The van der Waals surface area contributed by atoms with Crippen molar-refractivity contribution in [2.45, 2.75) is 26.8 Å². The molecule has 6 heteroatoms. The van der Waals surface area contributed by atoms with Crippen molar-refractivity contribution >= 4 is 17.6 Å². The monoisotopic (exact) mass is 268 g/mol. The molecular formula is C13H17FN2O3. The third kappa shape index (κ3) is 3.75. The number of nitrogens with one attached hydrogen (secondary N) is 1. The van der Waals surface area contributed by atoms with Crippen molar-refractivity contribution in [2.75, 3.05) is 5.32 Å². The molecule has 0 aromatic heterocycles. The van der Waals surface area contributed by atoms with Gasteiger partial charge in [-0.1, -0.05) is 20.8 Å². The second kappa shape index (κ2) is 5.36. The molecule has 104 valence electrons. The lowest BCUT2D eigenvalue weighted by Gasteiger charge is -2.25. The highest BCUT2D eigenvalue weighted by atomic mass is 19.1. The number of hydrogen-bond acceptors (Lipinski definition) is 3. The number of carboxylic acid groups (broad SMARTS) is 1. The number of anilines is 1. The molecule has 1 aromatic carbocycles. The molecule has 1 aromatic rings. The molecule has 0 saturated heterocycles. The van der Waals surface area contributed by atoms with Crippen molar-refractivity contribution < 1.29 is 19.1 Å². The molecule has 0 aliphatic rings. The molecule has 0 saturated carbocycles. The predicted molar refractivity (Wildman–Crippen MR) is 69.4 cm³/mol. The minimum absolute atomic E-state index is 0.198. The van der Waals surface area contributed by atoms with Gasteiger partial charge in [-0.3, -0.25) is 4.79 Å². The Bertz CT molecular complexity index is 509. The van der Waals surface area contributed by atoms with E-state index in [1.807, 2.05) is 20.8 Å². The average Bonchev–Trinajstić information content (AvgIpc) is 2.29. The van der Waals surface area contributed by atoms with E-state index in [9.17, 15) is 14.0 Å². The third-order valence-corrected chi connectivity index (χ3v) is 2.68. The van der Waals surface area contributed by atoms with E-state index < -0.39 is 34.7 Å². The maximum Gasteiger partial charge on any atom is 0.338 e. The summed E-state index contributed by atoms with van der Waals surface area (Å²) >= 11 is 0. The zero-order chi connectivity index (χ0) is 14.8. The van der Waals surface area contributed by atoms with Crippen LogP contribution in [0.1, 0.15) is 31.1 Å². The van der Waals surface area contributed by atoms with Crippen LogP contribution >= 0.6 is 0 Å². The van der Waals surface area contributed by atoms with Gasteiger partial charge in [-0.05, 0) is 23.6 Å². The molecule has 0 aliphatic carbocycles. The SMILES string of the molecule is CC(C)(C)C(N)C(=O)Nc1ccc(F)c(C(=O)O)c1. The highest BCUT2D eigenvalue weighted by Gasteiger charge is 2.27. The van der Waals surface area contributed by atoms with Gasteiger partial charge >= 0.3 is 5.97 Å². The van der Waals surface area contributed by atoms with Crippen LogP contribution in [0.2, 0.25) is 0 Å². The summed E-state index contributed by atoms with van der Waals surface area (Å²) < 4.78 is 13.2. The van der Waals surface area contributed by atoms with Crippen molar-refractivity contribution in [3.05, 3.63) is 29.6 Å². The van der Waals surface area contributed by atoms with E-state index in [-0.39, 0.29) is 5.69 Å². The second-order valence-corrected chi connectivity index (χ2v) is 5.33. The minimum Gasteiger partial charge on any atom is -0.478 e. The standard InChI is InChI=1S/C13H17FN2O3/c1-13(2,3)10(15)11(17)16-7-4-5-9(14)8(6-7)12(18)19/h4-6,10H,15H2,1-3H3,(H,16,17)(H,18,19). The number of rotatable bonds is 3. The summed E-state index contributed by atoms with van der Waals surface area (Å²) in [5.74, 6) is -2.70. The number of carbonyl (C=O) groups is 2. The van der Waals surface area contributed by atoms with Gasteiger partial charge in [-0.2, -0.15) is 0 Å². The van der Waals surface area contributed by atoms with Crippen molar-refractivity contribution in [2.24, 2.45) is 11.1 Å². The molecule has 1 rings (SSSR count). The van der Waals surface area contributed by atoms with Gasteiger partial charge in [0.1, 0.15) is 5.82 Å². The third-order valence-electron chi connectivity index (χ3n) is 2.68. The van der Waals surface area contributed by atoms with E-state index in [0.717, 1.165) is 12.1 Å². The Morgan fingerprint density at radius 1 is 1.37 bits per heavy atom. The number of aromatic carboxylic acids is 1. The largest absolute Gasteiger partial charge is 0.478 e. The van der Waals surface area contributed by atoms with Gasteiger partial charge in [0.05, 0.1) is 11.6 Å². The Labute approximate surface area is 110 Å². The van der Waals surface area contributed by atoms with E-state index in [1.54, 1.807) is 0 Å². The molecule has 1 unspecified atom stereocenters. The van der Waals surface area contributed by atoms with Gasteiger partial charge in [0.25, 0.3) is 0 Å². The molecule has 0 fully saturated rings. The topological polar surface area (TPSA) is 92.4 Å². The number of nitrogens with two attached hydrogens (primary N) is 1. The van der Waals surface area contributed by atoms with Gasteiger partial charge in [0.15, 0.2) is 0 Å². The smallest absolute Gasteiger partial charge is 0.338 e. The van der Waals surface area contributed by atoms with Crippen LogP contribution in [0.5, 0.6) is 0 Å². The molecule has 1 atom stereocenters. The lowest BCUT2D eigenvalue weighted by molar-refractivity contribution is -0.119. The molecule has 1 amide bonds. The van der Waals surface area contributed by atoms with E-state index in [2.05, 4.69) is 5.32 Å². The Morgan fingerprint density at radius 3 is 2.42 bits per heavy atom. The van der Waals surface area contributed by atoms with Crippen LogP contribution in [0.25, 0.3) is 0 Å². The van der Waals surface area contributed by atoms with Crippen molar-refractivity contribution in [3.63, 3.8) is 0 Å². The Morgan fingerprint density at radius 2 is 1.95 bits per heavy atom. The summed E-state index contributed by atoms with van der Waals surface area (Å²) in [5.41, 5.74) is 5.04. The lowest BCUT2D eigenvalue weighted by atomic mass is 9.87. The quantitative estimate of drug-likeness (QED) is 0.779. The summed E-state index contributed by atoms with van der Waals surface area (Å²) in [6.07, 6.45) is 0. The van der Waals surface area contributed by atoms with Crippen molar-refractivity contribution in [3.8, 4) is 0 Å². The van der Waals surface area contributed by atoms with Crippen molar-refractivity contribution in [1.29, 1.82) is 0 Å². The molecular weight excluding hydrogens is 251 g/mol. The predicted octanol–water partition coefficient (Wildman–Crippen LogP) is 1.84. The average molecular weight is 268 g/mol. The highest BCUT2D eigenvalue weighted by molar-refractivity contribution is 5.97. The summed E-state index contributed by atoms with van der Waals surface area (Å²) in [6, 6.07) is 2.58. The first kappa shape index (κ1) is 15.1. The maximum atomic E-state index is 13.2. The molecule has 5 nitrogen and oxygen atoms in total.